The number of sulfone groups is 1. The van der Waals surface area contributed by atoms with Crippen LogP contribution in [0.5, 0.6) is 0 Å². The minimum absolute atomic E-state index is 0.0765. The number of nitrogens with one attached hydrogen (secondary N) is 1. The lowest BCUT2D eigenvalue weighted by Crippen LogP contribution is -2.29. The Kier molecular flexibility index (Phi) is 4.57. The van der Waals surface area contributed by atoms with Crippen LogP contribution in [-0.4, -0.2) is 20.9 Å². The summed E-state index contributed by atoms with van der Waals surface area (Å²) in [5, 5.41) is 3.67. The lowest BCUT2D eigenvalue weighted by molar-refractivity contribution is -0.118. The lowest BCUT2D eigenvalue weighted by Gasteiger charge is -2.16. The van der Waals surface area contributed by atoms with Gasteiger partial charge in [0.25, 0.3) is 0 Å². The highest BCUT2D eigenvalue weighted by molar-refractivity contribution is 7.91. The Morgan fingerprint density at radius 2 is 1.90 bits per heavy atom. The number of rotatable bonds is 5. The highest BCUT2D eigenvalue weighted by Gasteiger charge is 2.29. The Morgan fingerprint density at radius 1 is 1.20 bits per heavy atom. The monoisotopic (exact) mass is 309 g/mol. The minimum Gasteiger partial charge on any atom is -0.355 e. The van der Waals surface area contributed by atoms with Gasteiger partial charge in [-0.3, -0.25) is 4.79 Å². The summed E-state index contributed by atoms with van der Waals surface area (Å²) in [6.45, 7) is 1.45. The quantitative estimate of drug-likeness (QED) is 0.922. The Morgan fingerprint density at radius 3 is 2.45 bits per heavy atom. The standard InChI is InChI=1S/C14H15NO3S2/c1-11(16)15-10-14(13-8-5-9-19-13)20(17,18)12-6-3-2-4-7-12/h2-9,14H,10H2,1H3,(H,15,16). The molecule has 0 saturated heterocycles. The van der Waals surface area contributed by atoms with Gasteiger partial charge in [-0.25, -0.2) is 8.42 Å². The smallest absolute Gasteiger partial charge is 0.216 e. The van der Waals surface area contributed by atoms with E-state index in [0.717, 1.165) is 4.88 Å². The molecule has 0 aliphatic rings. The van der Waals surface area contributed by atoms with Crippen molar-refractivity contribution < 1.29 is 13.2 Å². The normalized spacial score (nSPS) is 12.8. The van der Waals surface area contributed by atoms with Crippen LogP contribution >= 0.6 is 11.3 Å². The number of carbonyl (C=O) groups excluding carboxylic acids is 1. The van der Waals surface area contributed by atoms with Gasteiger partial charge in [0, 0.05) is 18.3 Å². The van der Waals surface area contributed by atoms with Crippen LogP contribution in [-0.2, 0) is 14.6 Å². The van der Waals surface area contributed by atoms with Crippen LogP contribution in [0.2, 0.25) is 0 Å². The van der Waals surface area contributed by atoms with E-state index in [0.29, 0.717) is 0 Å². The van der Waals surface area contributed by atoms with Crippen molar-refractivity contribution in [2.75, 3.05) is 6.54 Å². The molecule has 1 amide bonds. The molecule has 0 spiro atoms. The summed E-state index contributed by atoms with van der Waals surface area (Å²) in [6, 6.07) is 11.9. The number of benzene rings is 1. The molecule has 4 nitrogen and oxygen atoms in total. The Balaban J connectivity index is 2.38. The second-order valence-electron chi connectivity index (χ2n) is 4.30. The molecule has 0 fully saturated rings. The van der Waals surface area contributed by atoms with Crippen molar-refractivity contribution in [1.82, 2.24) is 5.32 Å². The summed E-state index contributed by atoms with van der Waals surface area (Å²) in [4.78, 5) is 12.1. The third-order valence-electron chi connectivity index (χ3n) is 2.84. The van der Waals surface area contributed by atoms with E-state index in [1.807, 2.05) is 5.38 Å². The molecule has 1 unspecified atom stereocenters. The fourth-order valence-electron chi connectivity index (χ4n) is 1.85. The third-order valence-corrected chi connectivity index (χ3v) is 6.08. The zero-order valence-electron chi connectivity index (χ0n) is 10.9. The summed E-state index contributed by atoms with van der Waals surface area (Å²) in [6.07, 6.45) is 0. The van der Waals surface area contributed by atoms with Gasteiger partial charge in [-0.15, -0.1) is 11.3 Å². The van der Waals surface area contributed by atoms with Gasteiger partial charge in [0.05, 0.1) is 4.90 Å². The van der Waals surface area contributed by atoms with Gasteiger partial charge in [0.15, 0.2) is 9.84 Å². The zero-order chi connectivity index (χ0) is 14.6. The predicted molar refractivity (Wildman–Crippen MR) is 79.4 cm³/mol. The lowest BCUT2D eigenvalue weighted by atomic mass is 10.3. The Hall–Kier alpha value is -1.66. The molecule has 20 heavy (non-hydrogen) atoms. The van der Waals surface area contributed by atoms with Crippen molar-refractivity contribution in [2.45, 2.75) is 17.1 Å². The van der Waals surface area contributed by atoms with Crippen molar-refractivity contribution in [3.05, 3.63) is 52.7 Å². The highest BCUT2D eigenvalue weighted by Crippen LogP contribution is 2.31. The average Bonchev–Trinajstić information content (AvgIpc) is 2.93. The summed E-state index contributed by atoms with van der Waals surface area (Å²) < 4.78 is 25.4. The van der Waals surface area contributed by atoms with Crippen LogP contribution in [0.25, 0.3) is 0 Å². The molecule has 0 saturated carbocycles. The van der Waals surface area contributed by atoms with E-state index in [9.17, 15) is 13.2 Å². The van der Waals surface area contributed by atoms with Crippen LogP contribution in [0.4, 0.5) is 0 Å². The topological polar surface area (TPSA) is 63.2 Å². The zero-order valence-corrected chi connectivity index (χ0v) is 12.6. The maximum Gasteiger partial charge on any atom is 0.216 e. The van der Waals surface area contributed by atoms with Crippen molar-refractivity contribution in [2.24, 2.45) is 0 Å². The fourth-order valence-corrected chi connectivity index (χ4v) is 4.65. The molecule has 1 aromatic carbocycles. The molecule has 6 heteroatoms. The van der Waals surface area contributed by atoms with Crippen LogP contribution in [0.1, 0.15) is 17.1 Å². The van der Waals surface area contributed by atoms with Gasteiger partial charge in [-0.2, -0.15) is 0 Å². The number of carbonyl (C=O) groups is 1. The van der Waals surface area contributed by atoms with E-state index in [4.69, 9.17) is 0 Å². The van der Waals surface area contributed by atoms with Crippen molar-refractivity contribution in [1.29, 1.82) is 0 Å². The van der Waals surface area contributed by atoms with Gasteiger partial charge in [-0.05, 0) is 23.6 Å². The maximum atomic E-state index is 12.7. The first-order valence-corrected chi connectivity index (χ1v) is 8.51. The van der Waals surface area contributed by atoms with Crippen LogP contribution < -0.4 is 5.32 Å². The van der Waals surface area contributed by atoms with E-state index < -0.39 is 15.1 Å². The molecule has 0 radical (unpaired) electrons. The van der Waals surface area contributed by atoms with E-state index in [2.05, 4.69) is 5.32 Å². The van der Waals surface area contributed by atoms with Gasteiger partial charge >= 0.3 is 0 Å². The molecule has 0 aliphatic heterocycles. The maximum absolute atomic E-state index is 12.7. The van der Waals surface area contributed by atoms with Crippen molar-refractivity contribution in [3.63, 3.8) is 0 Å². The van der Waals surface area contributed by atoms with Crippen LogP contribution in [0.3, 0.4) is 0 Å². The van der Waals surface area contributed by atoms with Crippen molar-refractivity contribution in [3.8, 4) is 0 Å². The molecule has 2 aromatic rings. The van der Waals surface area contributed by atoms with Crippen LogP contribution in [0, 0.1) is 0 Å². The van der Waals surface area contributed by atoms with Gasteiger partial charge in [-0.1, -0.05) is 24.3 Å². The molecule has 106 valence electrons. The summed E-state index contributed by atoms with van der Waals surface area (Å²) in [7, 11) is -3.52. The summed E-state index contributed by atoms with van der Waals surface area (Å²) in [5.74, 6) is -0.241. The van der Waals surface area contributed by atoms with E-state index >= 15 is 0 Å². The molecule has 1 atom stereocenters. The predicted octanol–water partition coefficient (Wildman–Crippen LogP) is 2.40. The number of amides is 1. The van der Waals surface area contributed by atoms with Gasteiger partial charge in [0.2, 0.25) is 5.91 Å². The number of hydrogen-bond donors (Lipinski definition) is 1. The molecule has 1 aromatic heterocycles. The first-order valence-electron chi connectivity index (χ1n) is 6.08. The Bertz CT molecular complexity index is 664. The van der Waals surface area contributed by atoms with Gasteiger partial charge < -0.3 is 5.32 Å². The second-order valence-corrected chi connectivity index (χ2v) is 7.41. The van der Waals surface area contributed by atoms with Crippen LogP contribution in [0.15, 0.2) is 52.7 Å². The van der Waals surface area contributed by atoms with E-state index in [-0.39, 0.29) is 17.3 Å². The summed E-state index contributed by atoms with van der Waals surface area (Å²) in [5.41, 5.74) is 0. The molecule has 1 N–H and O–H groups in total. The Labute approximate surface area is 122 Å². The highest BCUT2D eigenvalue weighted by atomic mass is 32.2. The minimum atomic E-state index is -3.52. The first-order chi connectivity index (χ1) is 9.51. The summed E-state index contributed by atoms with van der Waals surface area (Å²) >= 11 is 1.37. The largest absolute Gasteiger partial charge is 0.355 e. The molecular weight excluding hydrogens is 294 g/mol. The molecular formula is C14H15NO3S2. The molecule has 1 heterocycles. The molecule has 0 bridgehead atoms. The first kappa shape index (κ1) is 14.7. The number of hydrogen-bond acceptors (Lipinski definition) is 4. The number of thiophene rings is 1. The van der Waals surface area contributed by atoms with E-state index in [1.165, 1.54) is 18.3 Å². The van der Waals surface area contributed by atoms with Gasteiger partial charge in [0.1, 0.15) is 5.25 Å². The molecule has 2 rings (SSSR count). The second kappa shape index (κ2) is 6.19. The SMILES string of the molecule is CC(=O)NCC(c1cccs1)S(=O)(=O)c1ccccc1. The van der Waals surface area contributed by atoms with Crippen molar-refractivity contribution >= 4 is 27.1 Å². The van der Waals surface area contributed by atoms with E-state index in [1.54, 1.807) is 42.5 Å². The third kappa shape index (κ3) is 3.26. The molecule has 0 aliphatic carbocycles. The average molecular weight is 309 g/mol. The fraction of sp³-hybridized carbons (Fsp3) is 0.214.